The van der Waals surface area contributed by atoms with E-state index >= 15 is 0 Å². The van der Waals surface area contributed by atoms with Gasteiger partial charge in [-0.2, -0.15) is 0 Å². The van der Waals surface area contributed by atoms with Crippen molar-refractivity contribution in [1.29, 1.82) is 0 Å². The number of aliphatic carboxylic acids is 1. The molecule has 0 spiro atoms. The van der Waals surface area contributed by atoms with E-state index in [1.807, 2.05) is 43.5 Å². The quantitative estimate of drug-likeness (QED) is 0.715. The van der Waals surface area contributed by atoms with Crippen LogP contribution in [0, 0.1) is 0 Å². The summed E-state index contributed by atoms with van der Waals surface area (Å²) >= 11 is 1.45. The number of carboxylic acids is 1. The van der Waals surface area contributed by atoms with Gasteiger partial charge in [0.1, 0.15) is 16.8 Å². The van der Waals surface area contributed by atoms with Crippen molar-refractivity contribution >= 4 is 23.2 Å². The van der Waals surface area contributed by atoms with Gasteiger partial charge in [0.25, 0.3) is 0 Å². The van der Waals surface area contributed by atoms with Crippen LogP contribution < -0.4 is 10.1 Å². The Balaban J connectivity index is 1.98. The first-order valence-corrected chi connectivity index (χ1v) is 9.11. The predicted octanol–water partition coefficient (Wildman–Crippen LogP) is 3.12. The van der Waals surface area contributed by atoms with Gasteiger partial charge in [-0.3, -0.25) is 4.79 Å². The number of ether oxygens (including phenoxy) is 1. The molecule has 134 valence electrons. The number of carbonyl (C=O) groups excluding carboxylic acids is 1. The van der Waals surface area contributed by atoms with E-state index in [1.165, 1.54) is 11.3 Å². The molecule has 0 fully saturated rings. The van der Waals surface area contributed by atoms with E-state index in [-0.39, 0.29) is 12.3 Å². The predicted molar refractivity (Wildman–Crippen MR) is 96.9 cm³/mol. The smallest absolute Gasteiger partial charge is 0.326 e. The standard InChI is InChI=1S/C18H22N2O4S/c1-3-5-15(18(22)23)20-16(21)10-13-11-25-17(19-13)12-6-8-14(9-7-12)24-4-2/h6-9,11,15H,3-5,10H2,1-2H3,(H,20,21)(H,22,23). The number of carboxylic acid groups (broad SMARTS) is 1. The van der Waals surface area contributed by atoms with Gasteiger partial charge in [0.05, 0.1) is 18.7 Å². The van der Waals surface area contributed by atoms with Crippen LogP contribution in [0.5, 0.6) is 5.75 Å². The Bertz CT molecular complexity index is 712. The number of nitrogens with one attached hydrogen (secondary N) is 1. The van der Waals surface area contributed by atoms with Crippen LogP contribution in [0.2, 0.25) is 0 Å². The molecule has 0 saturated carbocycles. The Labute approximate surface area is 150 Å². The molecule has 0 bridgehead atoms. The lowest BCUT2D eigenvalue weighted by molar-refractivity contribution is -0.141. The second-order valence-corrected chi connectivity index (χ2v) is 6.38. The van der Waals surface area contributed by atoms with Crippen molar-refractivity contribution in [2.45, 2.75) is 39.2 Å². The van der Waals surface area contributed by atoms with Gasteiger partial charge in [-0.25, -0.2) is 9.78 Å². The summed E-state index contributed by atoms with van der Waals surface area (Å²) in [6.45, 7) is 4.43. The summed E-state index contributed by atoms with van der Waals surface area (Å²) in [5, 5.41) is 14.3. The van der Waals surface area contributed by atoms with Crippen LogP contribution in [0.4, 0.5) is 0 Å². The largest absolute Gasteiger partial charge is 0.494 e. The molecular formula is C18H22N2O4S. The Morgan fingerprint density at radius 2 is 2.00 bits per heavy atom. The average molecular weight is 362 g/mol. The molecule has 6 nitrogen and oxygen atoms in total. The molecule has 2 N–H and O–H groups in total. The molecule has 1 amide bonds. The fourth-order valence-corrected chi connectivity index (χ4v) is 3.16. The van der Waals surface area contributed by atoms with Crippen LogP contribution in [0.15, 0.2) is 29.6 Å². The number of hydrogen-bond donors (Lipinski definition) is 2. The summed E-state index contributed by atoms with van der Waals surface area (Å²) in [5.74, 6) is -0.536. The van der Waals surface area contributed by atoms with Gasteiger partial charge in [0.15, 0.2) is 0 Å². The van der Waals surface area contributed by atoms with Crippen LogP contribution >= 0.6 is 11.3 Å². The molecule has 25 heavy (non-hydrogen) atoms. The lowest BCUT2D eigenvalue weighted by atomic mass is 10.1. The molecule has 1 aromatic heterocycles. The fraction of sp³-hybridized carbons (Fsp3) is 0.389. The van der Waals surface area contributed by atoms with E-state index in [0.29, 0.717) is 25.1 Å². The Morgan fingerprint density at radius 3 is 2.60 bits per heavy atom. The maximum Gasteiger partial charge on any atom is 0.326 e. The number of thiazole rings is 1. The zero-order chi connectivity index (χ0) is 18.2. The summed E-state index contributed by atoms with van der Waals surface area (Å²) in [4.78, 5) is 27.6. The minimum absolute atomic E-state index is 0.0705. The maximum atomic E-state index is 12.0. The van der Waals surface area contributed by atoms with Gasteiger partial charge in [0.2, 0.25) is 5.91 Å². The molecule has 0 radical (unpaired) electrons. The average Bonchev–Trinajstić information content (AvgIpc) is 3.03. The molecule has 1 heterocycles. The molecule has 2 aromatic rings. The summed E-state index contributed by atoms with van der Waals surface area (Å²) in [6, 6.07) is 6.77. The van der Waals surface area contributed by atoms with Crippen LogP contribution in [0.25, 0.3) is 10.6 Å². The summed E-state index contributed by atoms with van der Waals surface area (Å²) < 4.78 is 5.41. The van der Waals surface area contributed by atoms with Gasteiger partial charge in [-0.05, 0) is 37.6 Å². The van der Waals surface area contributed by atoms with Crippen molar-refractivity contribution in [2.75, 3.05) is 6.61 Å². The van der Waals surface area contributed by atoms with Crippen molar-refractivity contribution in [2.24, 2.45) is 0 Å². The van der Waals surface area contributed by atoms with Crippen molar-refractivity contribution in [3.05, 3.63) is 35.3 Å². The number of nitrogens with zero attached hydrogens (tertiary/aromatic N) is 1. The third-order valence-corrected chi connectivity index (χ3v) is 4.46. The lowest BCUT2D eigenvalue weighted by Gasteiger charge is -2.12. The van der Waals surface area contributed by atoms with E-state index in [9.17, 15) is 9.59 Å². The third kappa shape index (κ3) is 5.56. The second-order valence-electron chi connectivity index (χ2n) is 5.53. The van der Waals surface area contributed by atoms with Crippen molar-refractivity contribution in [3.8, 4) is 16.3 Å². The van der Waals surface area contributed by atoms with Crippen molar-refractivity contribution < 1.29 is 19.4 Å². The molecule has 0 saturated heterocycles. The minimum atomic E-state index is -1.01. The van der Waals surface area contributed by atoms with E-state index in [0.717, 1.165) is 16.3 Å². The normalized spacial score (nSPS) is 11.8. The molecule has 1 aromatic carbocycles. The molecular weight excluding hydrogens is 340 g/mol. The lowest BCUT2D eigenvalue weighted by Crippen LogP contribution is -2.41. The number of aromatic nitrogens is 1. The highest BCUT2D eigenvalue weighted by atomic mass is 32.1. The number of benzene rings is 1. The Hall–Kier alpha value is -2.41. The zero-order valence-electron chi connectivity index (χ0n) is 14.3. The minimum Gasteiger partial charge on any atom is -0.494 e. The Kier molecular flexibility index (Phi) is 6.94. The molecule has 0 aliphatic heterocycles. The van der Waals surface area contributed by atoms with Crippen LogP contribution in [0.1, 0.15) is 32.4 Å². The van der Waals surface area contributed by atoms with E-state index < -0.39 is 12.0 Å². The Morgan fingerprint density at radius 1 is 1.28 bits per heavy atom. The van der Waals surface area contributed by atoms with Gasteiger partial charge in [-0.1, -0.05) is 13.3 Å². The number of amides is 1. The fourth-order valence-electron chi connectivity index (χ4n) is 2.34. The SMILES string of the molecule is CCCC(NC(=O)Cc1csc(-c2ccc(OCC)cc2)n1)C(=O)O. The highest BCUT2D eigenvalue weighted by Crippen LogP contribution is 2.26. The maximum absolute atomic E-state index is 12.0. The monoisotopic (exact) mass is 362 g/mol. The van der Waals surface area contributed by atoms with Gasteiger partial charge in [-0.15, -0.1) is 11.3 Å². The van der Waals surface area contributed by atoms with E-state index in [4.69, 9.17) is 9.84 Å². The van der Waals surface area contributed by atoms with Gasteiger partial charge < -0.3 is 15.2 Å². The molecule has 1 atom stereocenters. The molecule has 0 aliphatic rings. The van der Waals surface area contributed by atoms with E-state index in [2.05, 4.69) is 10.3 Å². The van der Waals surface area contributed by atoms with Gasteiger partial charge in [0, 0.05) is 10.9 Å². The van der Waals surface area contributed by atoms with E-state index in [1.54, 1.807) is 0 Å². The van der Waals surface area contributed by atoms with Gasteiger partial charge >= 0.3 is 5.97 Å². The number of hydrogen-bond acceptors (Lipinski definition) is 5. The third-order valence-electron chi connectivity index (χ3n) is 3.52. The first-order chi connectivity index (χ1) is 12.0. The molecule has 0 aliphatic carbocycles. The van der Waals surface area contributed by atoms with Crippen LogP contribution in [0.3, 0.4) is 0 Å². The second kappa shape index (κ2) is 9.17. The molecule has 2 rings (SSSR count). The summed E-state index contributed by atoms with van der Waals surface area (Å²) in [5.41, 5.74) is 1.58. The molecule has 1 unspecified atom stereocenters. The number of rotatable bonds is 9. The zero-order valence-corrected chi connectivity index (χ0v) is 15.1. The van der Waals surface area contributed by atoms with Crippen molar-refractivity contribution in [3.63, 3.8) is 0 Å². The highest BCUT2D eigenvalue weighted by molar-refractivity contribution is 7.13. The van der Waals surface area contributed by atoms with Crippen LogP contribution in [-0.4, -0.2) is 34.6 Å². The summed E-state index contributed by atoms with van der Waals surface area (Å²) in [7, 11) is 0. The summed E-state index contributed by atoms with van der Waals surface area (Å²) in [6.07, 6.45) is 1.17. The van der Waals surface area contributed by atoms with Crippen LogP contribution in [-0.2, 0) is 16.0 Å². The van der Waals surface area contributed by atoms with Crippen molar-refractivity contribution in [1.82, 2.24) is 10.3 Å². The first kappa shape index (κ1) is 18.9. The number of carbonyl (C=O) groups is 2. The molecule has 7 heteroatoms. The highest BCUT2D eigenvalue weighted by Gasteiger charge is 2.19. The first-order valence-electron chi connectivity index (χ1n) is 8.23. The topological polar surface area (TPSA) is 88.5 Å².